The first-order valence-corrected chi connectivity index (χ1v) is 9.31. The minimum absolute atomic E-state index is 0.130. The Morgan fingerprint density at radius 1 is 1.11 bits per heavy atom. The van der Waals surface area contributed by atoms with Crippen molar-refractivity contribution in [3.63, 3.8) is 0 Å². The van der Waals surface area contributed by atoms with Gasteiger partial charge in [0, 0.05) is 16.8 Å². The van der Waals surface area contributed by atoms with Crippen LogP contribution in [0.3, 0.4) is 0 Å². The third kappa shape index (κ3) is 4.81. The van der Waals surface area contributed by atoms with E-state index in [-0.39, 0.29) is 12.5 Å². The molecule has 3 aromatic rings. The lowest BCUT2D eigenvalue weighted by atomic mass is 10.1. The third-order valence-electron chi connectivity index (χ3n) is 4.27. The molecule has 0 bridgehead atoms. The number of nitrogens with one attached hydrogen (secondary N) is 1. The van der Waals surface area contributed by atoms with Gasteiger partial charge in [0.05, 0.1) is 6.61 Å². The number of carbonyl (C=O) groups is 1. The van der Waals surface area contributed by atoms with Crippen LogP contribution in [0.5, 0.6) is 5.75 Å². The van der Waals surface area contributed by atoms with Crippen molar-refractivity contribution in [3.05, 3.63) is 71.5 Å². The highest BCUT2D eigenvalue weighted by Gasteiger charge is 2.11. The number of carbonyl (C=O) groups excluding carboxylic acids is 1. The number of ether oxygens (including phenoxy) is 1. The van der Waals surface area contributed by atoms with Crippen molar-refractivity contribution in [2.75, 3.05) is 11.9 Å². The van der Waals surface area contributed by atoms with Crippen LogP contribution in [0.2, 0.25) is 0 Å². The highest BCUT2D eigenvalue weighted by molar-refractivity contribution is 6.04. The first kappa shape index (κ1) is 19.7. The topological polar surface area (TPSA) is 71.7 Å². The van der Waals surface area contributed by atoms with E-state index >= 15 is 0 Å². The van der Waals surface area contributed by atoms with Crippen LogP contribution in [0, 0.1) is 12.8 Å². The van der Waals surface area contributed by atoms with Crippen molar-refractivity contribution >= 4 is 11.6 Å². The van der Waals surface area contributed by atoms with Crippen LogP contribution >= 0.6 is 0 Å². The second-order valence-corrected chi connectivity index (χ2v) is 7.14. The zero-order valence-electron chi connectivity index (χ0n) is 16.4. The van der Waals surface area contributed by atoms with Gasteiger partial charge in [-0.05, 0) is 73.0 Å². The van der Waals surface area contributed by atoms with Crippen LogP contribution in [0.4, 0.5) is 5.69 Å². The number of rotatable bonds is 7. The third-order valence-corrected chi connectivity index (χ3v) is 4.27. The number of aliphatic hydroxyl groups is 1. The molecule has 1 aromatic heterocycles. The van der Waals surface area contributed by atoms with Gasteiger partial charge in [-0.1, -0.05) is 13.8 Å². The second-order valence-electron chi connectivity index (χ2n) is 7.14. The lowest BCUT2D eigenvalue weighted by molar-refractivity contribution is 0.102. The van der Waals surface area contributed by atoms with E-state index in [9.17, 15) is 4.79 Å². The molecule has 0 saturated heterocycles. The maximum atomic E-state index is 12.5. The second kappa shape index (κ2) is 8.76. The summed E-state index contributed by atoms with van der Waals surface area (Å²) in [6.45, 7) is 6.65. The Morgan fingerprint density at radius 3 is 2.46 bits per heavy atom. The molecule has 0 spiro atoms. The maximum Gasteiger partial charge on any atom is 0.255 e. The van der Waals surface area contributed by atoms with Crippen molar-refractivity contribution in [3.8, 4) is 17.1 Å². The highest BCUT2D eigenvalue weighted by atomic mass is 16.5. The summed E-state index contributed by atoms with van der Waals surface area (Å²) in [6.07, 6.45) is 0. The van der Waals surface area contributed by atoms with Gasteiger partial charge in [-0.15, -0.1) is 0 Å². The van der Waals surface area contributed by atoms with Crippen molar-refractivity contribution in [1.29, 1.82) is 0 Å². The molecule has 0 saturated carbocycles. The van der Waals surface area contributed by atoms with Crippen LogP contribution in [0.15, 0.2) is 59.0 Å². The molecule has 2 N–H and O–H groups in total. The monoisotopic (exact) mass is 379 g/mol. The van der Waals surface area contributed by atoms with Crippen LogP contribution < -0.4 is 10.1 Å². The van der Waals surface area contributed by atoms with E-state index in [0.29, 0.717) is 35.3 Å². The van der Waals surface area contributed by atoms with Crippen molar-refractivity contribution in [1.82, 2.24) is 0 Å². The first-order chi connectivity index (χ1) is 13.5. The average molecular weight is 379 g/mol. The first-order valence-electron chi connectivity index (χ1n) is 9.31. The van der Waals surface area contributed by atoms with Gasteiger partial charge < -0.3 is 19.6 Å². The number of hydrogen-bond acceptors (Lipinski definition) is 4. The van der Waals surface area contributed by atoms with E-state index in [1.807, 2.05) is 31.2 Å². The normalized spacial score (nSPS) is 10.9. The summed E-state index contributed by atoms with van der Waals surface area (Å²) in [5, 5.41) is 12.1. The molecular formula is C23H25NO4. The zero-order chi connectivity index (χ0) is 20.1. The Balaban J connectivity index is 1.67. The SMILES string of the molecule is Cc1cc(NC(=O)c2ccc(OCC(C)C)cc2)ccc1-c1ccc(CO)o1. The highest BCUT2D eigenvalue weighted by Crippen LogP contribution is 2.28. The largest absolute Gasteiger partial charge is 0.493 e. The lowest BCUT2D eigenvalue weighted by Crippen LogP contribution is -2.12. The van der Waals surface area contributed by atoms with Crippen LogP contribution in [0.25, 0.3) is 11.3 Å². The molecule has 5 nitrogen and oxygen atoms in total. The smallest absolute Gasteiger partial charge is 0.255 e. The fourth-order valence-corrected chi connectivity index (χ4v) is 2.79. The van der Waals surface area contributed by atoms with Gasteiger partial charge in [0.2, 0.25) is 0 Å². The Hall–Kier alpha value is -3.05. The number of hydrogen-bond donors (Lipinski definition) is 2. The fraction of sp³-hybridized carbons (Fsp3) is 0.261. The summed E-state index contributed by atoms with van der Waals surface area (Å²) in [6, 6.07) is 16.3. The van der Waals surface area contributed by atoms with Gasteiger partial charge >= 0.3 is 0 Å². The summed E-state index contributed by atoms with van der Waals surface area (Å²) in [5.41, 5.74) is 3.16. The van der Waals surface area contributed by atoms with E-state index in [1.54, 1.807) is 30.3 Å². The number of anilines is 1. The molecule has 0 fully saturated rings. The predicted molar refractivity (Wildman–Crippen MR) is 110 cm³/mol. The van der Waals surface area contributed by atoms with Gasteiger partial charge in [-0.2, -0.15) is 0 Å². The van der Waals surface area contributed by atoms with Gasteiger partial charge in [0.1, 0.15) is 23.9 Å². The molecule has 28 heavy (non-hydrogen) atoms. The standard InChI is InChI=1S/C23H25NO4/c1-15(2)14-27-19-7-4-17(5-8-19)23(26)24-18-6-10-21(16(3)12-18)22-11-9-20(13-25)28-22/h4-12,15,25H,13-14H2,1-3H3,(H,24,26). The summed E-state index contributed by atoms with van der Waals surface area (Å²) in [7, 11) is 0. The molecule has 0 radical (unpaired) electrons. The molecule has 0 aliphatic rings. The fourth-order valence-electron chi connectivity index (χ4n) is 2.79. The number of aryl methyl sites for hydroxylation is 1. The molecule has 146 valence electrons. The molecule has 1 amide bonds. The summed E-state index contributed by atoms with van der Waals surface area (Å²) < 4.78 is 11.2. The molecule has 3 rings (SSSR count). The van der Waals surface area contributed by atoms with E-state index in [1.165, 1.54) is 0 Å². The Bertz CT molecular complexity index is 941. The van der Waals surface area contributed by atoms with Crippen LogP contribution in [0.1, 0.15) is 35.5 Å². The molecule has 0 aliphatic carbocycles. The average Bonchev–Trinajstić information content (AvgIpc) is 3.15. The molecule has 0 unspecified atom stereocenters. The number of amides is 1. The lowest BCUT2D eigenvalue weighted by Gasteiger charge is -2.10. The van der Waals surface area contributed by atoms with Crippen LogP contribution in [-0.2, 0) is 6.61 Å². The molecule has 0 atom stereocenters. The number of aliphatic hydroxyl groups excluding tert-OH is 1. The molecular weight excluding hydrogens is 354 g/mol. The molecule has 5 heteroatoms. The van der Waals surface area contributed by atoms with E-state index in [0.717, 1.165) is 16.9 Å². The predicted octanol–water partition coefficient (Wildman–Crippen LogP) is 5.03. The Morgan fingerprint density at radius 2 is 1.86 bits per heavy atom. The van der Waals surface area contributed by atoms with Gasteiger partial charge in [0.15, 0.2) is 0 Å². The van der Waals surface area contributed by atoms with Gasteiger partial charge in [0.25, 0.3) is 5.91 Å². The van der Waals surface area contributed by atoms with E-state index in [2.05, 4.69) is 19.2 Å². The summed E-state index contributed by atoms with van der Waals surface area (Å²) in [4.78, 5) is 12.5. The van der Waals surface area contributed by atoms with Crippen LogP contribution in [-0.4, -0.2) is 17.6 Å². The van der Waals surface area contributed by atoms with Crippen molar-refractivity contribution in [2.24, 2.45) is 5.92 Å². The summed E-state index contributed by atoms with van der Waals surface area (Å²) >= 11 is 0. The maximum absolute atomic E-state index is 12.5. The Kier molecular flexibility index (Phi) is 6.16. The van der Waals surface area contributed by atoms with Gasteiger partial charge in [-0.25, -0.2) is 0 Å². The minimum atomic E-state index is -0.178. The van der Waals surface area contributed by atoms with E-state index in [4.69, 9.17) is 14.3 Å². The van der Waals surface area contributed by atoms with E-state index < -0.39 is 0 Å². The summed E-state index contributed by atoms with van der Waals surface area (Å²) in [5.74, 6) is 2.24. The molecule has 0 aliphatic heterocycles. The minimum Gasteiger partial charge on any atom is -0.493 e. The number of benzene rings is 2. The molecule has 1 heterocycles. The Labute approximate surface area is 165 Å². The number of furan rings is 1. The quantitative estimate of drug-likeness (QED) is 0.604. The van der Waals surface area contributed by atoms with Gasteiger partial charge in [-0.3, -0.25) is 4.79 Å². The zero-order valence-corrected chi connectivity index (χ0v) is 16.4. The van der Waals surface area contributed by atoms with Crippen molar-refractivity contribution < 1.29 is 19.1 Å². The molecule has 2 aromatic carbocycles. The van der Waals surface area contributed by atoms with Crippen molar-refractivity contribution in [2.45, 2.75) is 27.4 Å².